The third-order valence-electron chi connectivity index (χ3n) is 2.30. The van der Waals surface area contributed by atoms with E-state index in [4.69, 9.17) is 16.3 Å². The van der Waals surface area contributed by atoms with Gasteiger partial charge in [0.25, 0.3) is 0 Å². The molecular formula is C13H11BrClNOS. The summed E-state index contributed by atoms with van der Waals surface area (Å²) in [6.07, 6.45) is 1.66. The molecule has 0 saturated carbocycles. The Morgan fingerprint density at radius 3 is 2.78 bits per heavy atom. The Balaban J connectivity index is 2.02. The van der Waals surface area contributed by atoms with Crippen LogP contribution in [0.4, 0.5) is 0 Å². The van der Waals surface area contributed by atoms with Gasteiger partial charge in [-0.2, -0.15) is 0 Å². The smallest absolute Gasteiger partial charge is 0.133 e. The summed E-state index contributed by atoms with van der Waals surface area (Å²) in [5.41, 5.74) is 1.21. The summed E-state index contributed by atoms with van der Waals surface area (Å²) < 4.78 is 6.16. The highest BCUT2D eigenvalue weighted by molar-refractivity contribution is 9.10. The third kappa shape index (κ3) is 3.64. The lowest BCUT2D eigenvalue weighted by molar-refractivity contribution is 0.412. The number of thioether (sulfide) groups is 1. The number of methoxy groups -OCH3 is 1. The van der Waals surface area contributed by atoms with E-state index < -0.39 is 0 Å². The van der Waals surface area contributed by atoms with Crippen LogP contribution in [0.1, 0.15) is 5.56 Å². The van der Waals surface area contributed by atoms with Gasteiger partial charge in [-0.3, -0.25) is 0 Å². The quantitative estimate of drug-likeness (QED) is 0.744. The number of hydrogen-bond acceptors (Lipinski definition) is 3. The maximum Gasteiger partial charge on any atom is 0.133 e. The Kier molecular flexibility index (Phi) is 4.92. The SMILES string of the molecule is COc1ccc(CSc2ccc(Cl)cn2)cc1Br. The number of rotatable bonds is 4. The molecule has 0 atom stereocenters. The lowest BCUT2D eigenvalue weighted by Crippen LogP contribution is -1.87. The molecule has 0 radical (unpaired) electrons. The number of halogens is 2. The molecule has 94 valence electrons. The van der Waals surface area contributed by atoms with Gasteiger partial charge >= 0.3 is 0 Å². The largest absolute Gasteiger partial charge is 0.496 e. The number of ether oxygens (including phenoxy) is 1. The van der Waals surface area contributed by atoms with Crippen molar-refractivity contribution in [1.29, 1.82) is 0 Å². The van der Waals surface area contributed by atoms with E-state index in [-0.39, 0.29) is 0 Å². The van der Waals surface area contributed by atoms with Crippen molar-refractivity contribution in [2.24, 2.45) is 0 Å². The maximum atomic E-state index is 5.79. The highest BCUT2D eigenvalue weighted by Crippen LogP contribution is 2.28. The molecule has 1 aromatic heterocycles. The van der Waals surface area contributed by atoms with Gasteiger partial charge in [0, 0.05) is 11.9 Å². The van der Waals surface area contributed by atoms with Crippen molar-refractivity contribution in [3.63, 3.8) is 0 Å². The average molecular weight is 345 g/mol. The molecule has 0 aliphatic carbocycles. The zero-order valence-corrected chi connectivity index (χ0v) is 12.8. The highest BCUT2D eigenvalue weighted by atomic mass is 79.9. The van der Waals surface area contributed by atoms with E-state index in [9.17, 15) is 0 Å². The minimum atomic E-state index is 0.659. The van der Waals surface area contributed by atoms with Crippen LogP contribution in [0, 0.1) is 0 Å². The molecule has 5 heteroatoms. The second kappa shape index (κ2) is 6.45. The Labute approximate surface area is 124 Å². The number of hydrogen-bond donors (Lipinski definition) is 0. The van der Waals surface area contributed by atoms with E-state index in [2.05, 4.69) is 27.0 Å². The molecule has 1 heterocycles. The van der Waals surface area contributed by atoms with E-state index in [0.717, 1.165) is 21.0 Å². The van der Waals surface area contributed by atoms with Gasteiger partial charge in [0.15, 0.2) is 0 Å². The first-order chi connectivity index (χ1) is 8.69. The summed E-state index contributed by atoms with van der Waals surface area (Å²) >= 11 is 10.9. The Hall–Kier alpha value is -0.710. The van der Waals surface area contributed by atoms with Crippen molar-refractivity contribution < 1.29 is 4.74 Å². The first-order valence-electron chi connectivity index (χ1n) is 5.26. The number of nitrogens with zero attached hydrogens (tertiary/aromatic N) is 1. The molecule has 2 nitrogen and oxygen atoms in total. The molecule has 0 amide bonds. The Morgan fingerprint density at radius 1 is 1.33 bits per heavy atom. The van der Waals surface area contributed by atoms with Crippen LogP contribution in [0.25, 0.3) is 0 Å². The molecule has 2 rings (SSSR count). The normalized spacial score (nSPS) is 10.4. The van der Waals surface area contributed by atoms with Crippen LogP contribution in [0.3, 0.4) is 0 Å². The van der Waals surface area contributed by atoms with Crippen LogP contribution in [-0.2, 0) is 5.75 Å². The first kappa shape index (κ1) is 13.7. The van der Waals surface area contributed by atoms with Crippen molar-refractivity contribution in [1.82, 2.24) is 4.98 Å². The van der Waals surface area contributed by atoms with Gasteiger partial charge in [0.1, 0.15) is 5.75 Å². The van der Waals surface area contributed by atoms with Gasteiger partial charge in [-0.1, -0.05) is 17.7 Å². The summed E-state index contributed by atoms with van der Waals surface area (Å²) in [6, 6.07) is 9.83. The Morgan fingerprint density at radius 2 is 2.17 bits per heavy atom. The van der Waals surface area contributed by atoms with E-state index in [1.807, 2.05) is 24.3 Å². The lowest BCUT2D eigenvalue weighted by atomic mass is 10.2. The summed E-state index contributed by atoms with van der Waals surface area (Å²) in [4.78, 5) is 4.24. The molecule has 0 spiro atoms. The van der Waals surface area contributed by atoms with E-state index >= 15 is 0 Å². The van der Waals surface area contributed by atoms with Crippen LogP contribution in [0.2, 0.25) is 5.02 Å². The minimum absolute atomic E-state index is 0.659. The van der Waals surface area contributed by atoms with Gasteiger partial charge in [0.05, 0.1) is 21.6 Å². The van der Waals surface area contributed by atoms with Gasteiger partial charge in [-0.05, 0) is 45.8 Å². The average Bonchev–Trinajstić information content (AvgIpc) is 2.38. The van der Waals surface area contributed by atoms with Gasteiger partial charge < -0.3 is 4.74 Å². The fraction of sp³-hybridized carbons (Fsp3) is 0.154. The van der Waals surface area contributed by atoms with Crippen LogP contribution in [0.5, 0.6) is 5.75 Å². The van der Waals surface area contributed by atoms with Crippen LogP contribution >= 0.6 is 39.3 Å². The topological polar surface area (TPSA) is 22.1 Å². The first-order valence-corrected chi connectivity index (χ1v) is 7.41. The van der Waals surface area contributed by atoms with Crippen LogP contribution < -0.4 is 4.74 Å². The van der Waals surface area contributed by atoms with Crippen molar-refractivity contribution in [2.75, 3.05) is 7.11 Å². The molecule has 0 N–H and O–H groups in total. The lowest BCUT2D eigenvalue weighted by Gasteiger charge is -2.06. The highest BCUT2D eigenvalue weighted by Gasteiger charge is 2.03. The summed E-state index contributed by atoms with van der Waals surface area (Å²) in [7, 11) is 1.66. The van der Waals surface area contributed by atoms with Gasteiger partial charge in [-0.25, -0.2) is 4.98 Å². The predicted octanol–water partition coefficient (Wildman–Crippen LogP) is 4.80. The molecule has 0 unspecified atom stereocenters. The summed E-state index contributed by atoms with van der Waals surface area (Å²) in [5.74, 6) is 1.70. The van der Waals surface area contributed by atoms with Crippen molar-refractivity contribution in [3.8, 4) is 5.75 Å². The monoisotopic (exact) mass is 343 g/mol. The maximum absolute atomic E-state index is 5.79. The minimum Gasteiger partial charge on any atom is -0.496 e. The Bertz CT molecular complexity index is 533. The predicted molar refractivity (Wildman–Crippen MR) is 79.5 cm³/mol. The van der Waals surface area contributed by atoms with Crippen LogP contribution in [-0.4, -0.2) is 12.1 Å². The number of pyridine rings is 1. The molecule has 18 heavy (non-hydrogen) atoms. The second-order valence-corrected chi connectivity index (χ2v) is 5.86. The van der Waals surface area contributed by atoms with Gasteiger partial charge in [-0.15, -0.1) is 11.8 Å². The molecule has 1 aromatic carbocycles. The summed E-state index contributed by atoms with van der Waals surface area (Å²) in [6.45, 7) is 0. The van der Waals surface area contributed by atoms with E-state index in [1.54, 1.807) is 25.1 Å². The van der Waals surface area contributed by atoms with Crippen LogP contribution in [0.15, 0.2) is 46.0 Å². The van der Waals surface area contributed by atoms with Crippen molar-refractivity contribution in [2.45, 2.75) is 10.8 Å². The van der Waals surface area contributed by atoms with Crippen molar-refractivity contribution in [3.05, 3.63) is 51.6 Å². The third-order valence-corrected chi connectivity index (χ3v) is 4.16. The molecule has 0 bridgehead atoms. The fourth-order valence-corrected chi connectivity index (χ4v) is 2.89. The molecule has 0 fully saturated rings. The fourth-order valence-electron chi connectivity index (χ4n) is 1.40. The zero-order valence-electron chi connectivity index (χ0n) is 9.69. The van der Waals surface area contributed by atoms with Gasteiger partial charge in [0.2, 0.25) is 0 Å². The van der Waals surface area contributed by atoms with E-state index in [0.29, 0.717) is 5.02 Å². The summed E-state index contributed by atoms with van der Waals surface area (Å²) in [5, 5.41) is 1.62. The van der Waals surface area contributed by atoms with E-state index in [1.165, 1.54) is 5.56 Å². The van der Waals surface area contributed by atoms with Crippen molar-refractivity contribution >= 4 is 39.3 Å². The number of aromatic nitrogens is 1. The standard InChI is InChI=1S/C13H11BrClNOS/c1-17-12-4-2-9(6-11(12)14)8-18-13-5-3-10(15)7-16-13/h2-7H,8H2,1H3. The zero-order chi connectivity index (χ0) is 13.0. The molecular weight excluding hydrogens is 334 g/mol. The molecule has 0 aliphatic heterocycles. The number of benzene rings is 1. The second-order valence-electron chi connectivity index (χ2n) is 3.57. The molecule has 2 aromatic rings. The molecule has 0 saturated heterocycles. The molecule has 0 aliphatic rings.